The lowest BCUT2D eigenvalue weighted by atomic mass is 9.98. The summed E-state index contributed by atoms with van der Waals surface area (Å²) < 4.78 is 37.3. The molecule has 1 saturated carbocycles. The van der Waals surface area contributed by atoms with Gasteiger partial charge in [0.15, 0.2) is 0 Å². The lowest BCUT2D eigenvalue weighted by Crippen LogP contribution is -2.46. The molecule has 1 aliphatic carbocycles. The monoisotopic (exact) mass is 301 g/mol. The van der Waals surface area contributed by atoms with Crippen molar-refractivity contribution in [2.75, 3.05) is 12.8 Å². The van der Waals surface area contributed by atoms with Crippen LogP contribution in [0.4, 0.5) is 13.2 Å². The number of pyridine rings is 1. The van der Waals surface area contributed by atoms with E-state index in [1.807, 2.05) is 0 Å². The summed E-state index contributed by atoms with van der Waals surface area (Å²) in [5.41, 5.74) is -1.38. The number of nitrogens with zero attached hydrogens (tertiary/aromatic N) is 2. The maximum Gasteiger partial charge on any atom is 0.417 e. The van der Waals surface area contributed by atoms with Gasteiger partial charge in [0.05, 0.1) is 16.7 Å². The molecule has 1 N–H and O–H groups in total. The van der Waals surface area contributed by atoms with E-state index in [2.05, 4.69) is 16.4 Å². The van der Waals surface area contributed by atoms with Gasteiger partial charge in [-0.3, -0.25) is 0 Å². The number of nitrogens with one attached hydrogen (secondary N) is 1. The quantitative estimate of drug-likeness (QED) is 0.849. The Balaban J connectivity index is 2.02. The first kappa shape index (κ1) is 15.1. The maximum atomic E-state index is 12.4. The van der Waals surface area contributed by atoms with Crippen LogP contribution in [0, 0.1) is 17.2 Å². The Kier molecular flexibility index (Phi) is 4.25. The van der Waals surface area contributed by atoms with Crippen molar-refractivity contribution in [1.29, 1.82) is 5.26 Å². The summed E-state index contributed by atoms with van der Waals surface area (Å²) in [6.07, 6.45) is -1.52. The Morgan fingerprint density at radius 1 is 1.45 bits per heavy atom. The average molecular weight is 301 g/mol. The van der Waals surface area contributed by atoms with Crippen molar-refractivity contribution < 1.29 is 13.2 Å². The summed E-state index contributed by atoms with van der Waals surface area (Å²) in [6.45, 7) is 0. The summed E-state index contributed by atoms with van der Waals surface area (Å²) in [5, 5.41) is 12.9. The number of rotatable bonds is 5. The van der Waals surface area contributed by atoms with E-state index in [0.717, 1.165) is 25.1 Å². The van der Waals surface area contributed by atoms with Gasteiger partial charge in [0, 0.05) is 11.9 Å². The summed E-state index contributed by atoms with van der Waals surface area (Å²) >= 11 is 1.30. The van der Waals surface area contributed by atoms with Gasteiger partial charge >= 0.3 is 6.18 Å². The van der Waals surface area contributed by atoms with Crippen molar-refractivity contribution in [2.24, 2.45) is 5.92 Å². The van der Waals surface area contributed by atoms with E-state index in [0.29, 0.717) is 16.7 Å². The van der Waals surface area contributed by atoms with E-state index >= 15 is 0 Å². The van der Waals surface area contributed by atoms with Crippen LogP contribution < -0.4 is 5.32 Å². The van der Waals surface area contributed by atoms with E-state index in [4.69, 9.17) is 0 Å². The smallest absolute Gasteiger partial charge is 0.302 e. The number of aromatic nitrogens is 1. The lowest BCUT2D eigenvalue weighted by molar-refractivity contribution is -0.137. The molecule has 7 heteroatoms. The Morgan fingerprint density at radius 3 is 2.55 bits per heavy atom. The van der Waals surface area contributed by atoms with Crippen molar-refractivity contribution >= 4 is 11.8 Å². The molecule has 0 saturated heterocycles. The van der Waals surface area contributed by atoms with Gasteiger partial charge in [-0.05, 0) is 37.9 Å². The molecule has 0 spiro atoms. The number of nitriles is 1. The van der Waals surface area contributed by atoms with Crippen molar-refractivity contribution in [3.63, 3.8) is 0 Å². The molecule has 0 radical (unpaired) electrons. The molecule has 20 heavy (non-hydrogen) atoms. The van der Waals surface area contributed by atoms with Crippen molar-refractivity contribution in [2.45, 2.75) is 29.6 Å². The zero-order valence-electron chi connectivity index (χ0n) is 10.9. The van der Waals surface area contributed by atoms with Crippen LogP contribution in [0.3, 0.4) is 0 Å². The number of halogens is 3. The molecule has 1 unspecified atom stereocenters. The predicted octanol–water partition coefficient (Wildman–Crippen LogP) is 3.08. The standard InChI is InChI=1S/C13H14F3N3S/c1-18-12(7-17,9-2-3-9)8-20-11-5-4-10(6-19-11)13(14,15)16/h4-6,9,18H,2-3,8H2,1H3. The molecule has 2 rings (SSSR count). The molecule has 1 atom stereocenters. The molecule has 108 valence electrons. The normalized spacial score (nSPS) is 18.4. The van der Waals surface area contributed by atoms with Crippen LogP contribution in [0.5, 0.6) is 0 Å². The first-order chi connectivity index (χ1) is 9.41. The minimum atomic E-state index is -4.37. The molecule has 3 nitrogen and oxygen atoms in total. The molecule has 0 amide bonds. The number of hydrogen-bond acceptors (Lipinski definition) is 4. The van der Waals surface area contributed by atoms with Crippen LogP contribution in [0.1, 0.15) is 18.4 Å². The van der Waals surface area contributed by atoms with Gasteiger partial charge in [-0.25, -0.2) is 4.98 Å². The second kappa shape index (κ2) is 5.62. The number of thioether (sulfide) groups is 1. The molecule has 1 aromatic rings. The van der Waals surface area contributed by atoms with Crippen LogP contribution >= 0.6 is 11.8 Å². The topological polar surface area (TPSA) is 48.7 Å². The Morgan fingerprint density at radius 2 is 2.15 bits per heavy atom. The van der Waals surface area contributed by atoms with Gasteiger partial charge in [0.2, 0.25) is 0 Å². The highest BCUT2D eigenvalue weighted by molar-refractivity contribution is 7.99. The zero-order valence-corrected chi connectivity index (χ0v) is 11.7. The van der Waals surface area contributed by atoms with Gasteiger partial charge < -0.3 is 5.32 Å². The first-order valence-corrected chi connectivity index (χ1v) is 7.16. The van der Waals surface area contributed by atoms with E-state index in [1.54, 1.807) is 7.05 Å². The number of hydrogen-bond donors (Lipinski definition) is 1. The van der Waals surface area contributed by atoms with Crippen molar-refractivity contribution in [1.82, 2.24) is 10.3 Å². The number of alkyl halides is 3. The fourth-order valence-electron chi connectivity index (χ4n) is 1.97. The molecular formula is C13H14F3N3S. The van der Waals surface area contributed by atoms with Crippen molar-refractivity contribution in [3.8, 4) is 6.07 Å². The van der Waals surface area contributed by atoms with E-state index in [-0.39, 0.29) is 0 Å². The highest BCUT2D eigenvalue weighted by Crippen LogP contribution is 2.41. The van der Waals surface area contributed by atoms with Gasteiger partial charge in [-0.2, -0.15) is 18.4 Å². The summed E-state index contributed by atoms with van der Waals surface area (Å²) in [4.78, 5) is 3.80. The molecule has 0 aliphatic heterocycles. The van der Waals surface area contributed by atoms with Crippen LogP contribution in [-0.4, -0.2) is 23.3 Å². The first-order valence-electron chi connectivity index (χ1n) is 6.17. The average Bonchev–Trinajstić information content (AvgIpc) is 3.25. The van der Waals surface area contributed by atoms with Crippen LogP contribution in [0.2, 0.25) is 0 Å². The largest absolute Gasteiger partial charge is 0.417 e. The summed E-state index contributed by atoms with van der Waals surface area (Å²) in [5.74, 6) is 0.794. The van der Waals surface area contributed by atoms with Crippen LogP contribution in [0.15, 0.2) is 23.4 Å². The second-order valence-corrected chi connectivity index (χ2v) is 5.77. The van der Waals surface area contributed by atoms with E-state index < -0.39 is 17.3 Å². The lowest BCUT2D eigenvalue weighted by Gasteiger charge is -2.25. The van der Waals surface area contributed by atoms with E-state index in [1.165, 1.54) is 17.8 Å². The zero-order chi connectivity index (χ0) is 14.8. The minimum absolute atomic E-state index is 0.319. The van der Waals surface area contributed by atoms with Crippen molar-refractivity contribution in [3.05, 3.63) is 23.9 Å². The third kappa shape index (κ3) is 3.25. The predicted molar refractivity (Wildman–Crippen MR) is 70.1 cm³/mol. The third-order valence-corrected chi connectivity index (χ3v) is 4.57. The van der Waals surface area contributed by atoms with Gasteiger partial charge in [0.25, 0.3) is 0 Å². The molecule has 1 fully saturated rings. The highest BCUT2D eigenvalue weighted by Gasteiger charge is 2.44. The molecule has 1 aliphatic rings. The Labute approximate surface area is 119 Å². The summed E-state index contributed by atoms with van der Waals surface area (Å²) in [6, 6.07) is 4.65. The maximum absolute atomic E-state index is 12.4. The molecular weight excluding hydrogens is 287 g/mol. The minimum Gasteiger partial charge on any atom is -0.302 e. The Hall–Kier alpha value is -1.26. The van der Waals surface area contributed by atoms with Crippen LogP contribution in [-0.2, 0) is 6.18 Å². The molecule has 1 aromatic heterocycles. The Bertz CT molecular complexity index is 505. The van der Waals surface area contributed by atoms with Crippen LogP contribution in [0.25, 0.3) is 0 Å². The highest BCUT2D eigenvalue weighted by atomic mass is 32.2. The molecule has 1 heterocycles. The van der Waals surface area contributed by atoms with E-state index in [9.17, 15) is 18.4 Å². The van der Waals surface area contributed by atoms with Gasteiger partial charge in [-0.1, -0.05) is 0 Å². The summed E-state index contributed by atoms with van der Waals surface area (Å²) in [7, 11) is 1.74. The second-order valence-electron chi connectivity index (χ2n) is 4.78. The SMILES string of the molecule is CNC(C#N)(CSc1ccc(C(F)(F)F)cn1)C1CC1. The van der Waals surface area contributed by atoms with Gasteiger partial charge in [0.1, 0.15) is 5.54 Å². The molecule has 0 aromatic carbocycles. The third-order valence-electron chi connectivity index (χ3n) is 3.43. The fraction of sp³-hybridized carbons (Fsp3) is 0.538. The fourth-order valence-corrected chi connectivity index (χ4v) is 3.08. The molecule has 0 bridgehead atoms. The van der Waals surface area contributed by atoms with Gasteiger partial charge in [-0.15, -0.1) is 11.8 Å².